The Labute approximate surface area is 109 Å². The van der Waals surface area contributed by atoms with E-state index in [0.29, 0.717) is 0 Å². The van der Waals surface area contributed by atoms with E-state index < -0.39 is 0 Å². The number of aromatic nitrogens is 1. The second-order valence-electron chi connectivity index (χ2n) is 3.66. The minimum absolute atomic E-state index is 0. The molecule has 2 rings (SSSR count). The van der Waals surface area contributed by atoms with Crippen molar-refractivity contribution in [3.05, 3.63) is 24.0 Å². The lowest BCUT2D eigenvalue weighted by Gasteiger charge is -2.14. The van der Waals surface area contributed by atoms with E-state index in [9.17, 15) is 0 Å². The zero-order valence-electron chi connectivity index (χ0n) is 9.47. The quantitative estimate of drug-likeness (QED) is 0.847. The van der Waals surface area contributed by atoms with Gasteiger partial charge in [0.05, 0.1) is 11.7 Å². The van der Waals surface area contributed by atoms with Gasteiger partial charge >= 0.3 is 0 Å². The molecule has 1 aromatic heterocycles. The summed E-state index contributed by atoms with van der Waals surface area (Å²) in [5.41, 5.74) is 1.02. The number of pyridine rings is 1. The van der Waals surface area contributed by atoms with Crippen LogP contribution in [-0.4, -0.2) is 17.6 Å². The summed E-state index contributed by atoms with van der Waals surface area (Å²) in [6.07, 6.45) is 3.10. The molecule has 2 atom stereocenters. The lowest BCUT2D eigenvalue weighted by Crippen LogP contribution is -2.29. The SMILES string of the molecule is CCC1CNC(C)c2ncccc2O1.Cl.Cl. The van der Waals surface area contributed by atoms with Crippen molar-refractivity contribution < 1.29 is 4.74 Å². The van der Waals surface area contributed by atoms with E-state index in [0.717, 1.165) is 24.4 Å². The molecule has 1 aliphatic heterocycles. The minimum Gasteiger partial charge on any atom is -0.487 e. The van der Waals surface area contributed by atoms with Gasteiger partial charge in [-0.15, -0.1) is 24.8 Å². The van der Waals surface area contributed by atoms with E-state index >= 15 is 0 Å². The van der Waals surface area contributed by atoms with Crippen molar-refractivity contribution in [3.8, 4) is 5.75 Å². The molecule has 0 spiro atoms. The first-order valence-corrected chi connectivity index (χ1v) is 5.16. The van der Waals surface area contributed by atoms with Gasteiger partial charge in [0, 0.05) is 12.7 Å². The molecule has 2 heterocycles. The third kappa shape index (κ3) is 3.24. The van der Waals surface area contributed by atoms with Crippen LogP contribution in [0.3, 0.4) is 0 Å². The van der Waals surface area contributed by atoms with Gasteiger partial charge in [0.25, 0.3) is 0 Å². The number of nitrogens with zero attached hydrogens (tertiary/aromatic N) is 1. The van der Waals surface area contributed by atoms with Crippen LogP contribution in [0, 0.1) is 0 Å². The van der Waals surface area contributed by atoms with Crippen LogP contribution in [0.15, 0.2) is 18.3 Å². The minimum atomic E-state index is 0. The number of ether oxygens (including phenoxy) is 1. The summed E-state index contributed by atoms with van der Waals surface area (Å²) in [4.78, 5) is 4.34. The van der Waals surface area contributed by atoms with Crippen molar-refractivity contribution in [1.29, 1.82) is 0 Å². The number of nitrogens with one attached hydrogen (secondary N) is 1. The lowest BCUT2D eigenvalue weighted by molar-refractivity contribution is 0.200. The first-order chi connectivity index (χ1) is 6.81. The largest absolute Gasteiger partial charge is 0.487 e. The molecule has 2 unspecified atom stereocenters. The molecule has 0 aliphatic carbocycles. The van der Waals surface area contributed by atoms with Crippen molar-refractivity contribution in [3.63, 3.8) is 0 Å². The Kier molecular flexibility index (Phi) is 6.72. The molecular formula is C11H18Cl2N2O. The Balaban J connectivity index is 0.00000112. The van der Waals surface area contributed by atoms with Crippen molar-refractivity contribution in [1.82, 2.24) is 10.3 Å². The van der Waals surface area contributed by atoms with Crippen LogP contribution in [0.2, 0.25) is 0 Å². The Morgan fingerprint density at radius 1 is 1.50 bits per heavy atom. The summed E-state index contributed by atoms with van der Waals surface area (Å²) in [7, 11) is 0. The van der Waals surface area contributed by atoms with Gasteiger partial charge in [-0.3, -0.25) is 4.98 Å². The van der Waals surface area contributed by atoms with Crippen LogP contribution in [-0.2, 0) is 0 Å². The molecule has 0 saturated heterocycles. The van der Waals surface area contributed by atoms with Crippen LogP contribution in [0.5, 0.6) is 5.75 Å². The maximum absolute atomic E-state index is 5.85. The van der Waals surface area contributed by atoms with Gasteiger partial charge in [-0.05, 0) is 25.5 Å². The van der Waals surface area contributed by atoms with Gasteiger partial charge in [0.1, 0.15) is 11.9 Å². The predicted molar refractivity (Wildman–Crippen MR) is 69.9 cm³/mol. The van der Waals surface area contributed by atoms with E-state index in [1.807, 2.05) is 18.3 Å². The van der Waals surface area contributed by atoms with Crippen LogP contribution in [0.25, 0.3) is 0 Å². The van der Waals surface area contributed by atoms with Crippen molar-refractivity contribution in [2.45, 2.75) is 32.4 Å². The molecule has 0 amide bonds. The average molecular weight is 265 g/mol. The maximum atomic E-state index is 5.85. The Bertz CT molecular complexity index is 323. The van der Waals surface area contributed by atoms with Crippen molar-refractivity contribution in [2.75, 3.05) is 6.54 Å². The second-order valence-corrected chi connectivity index (χ2v) is 3.66. The van der Waals surface area contributed by atoms with E-state index in [4.69, 9.17) is 4.74 Å². The topological polar surface area (TPSA) is 34.2 Å². The molecule has 3 nitrogen and oxygen atoms in total. The van der Waals surface area contributed by atoms with Gasteiger partial charge in [-0.25, -0.2) is 0 Å². The number of rotatable bonds is 1. The highest BCUT2D eigenvalue weighted by atomic mass is 35.5. The van der Waals surface area contributed by atoms with Crippen LogP contribution >= 0.6 is 24.8 Å². The van der Waals surface area contributed by atoms with Gasteiger partial charge in [0.15, 0.2) is 0 Å². The van der Waals surface area contributed by atoms with E-state index in [2.05, 4.69) is 24.1 Å². The highest BCUT2D eigenvalue weighted by molar-refractivity contribution is 5.85. The van der Waals surface area contributed by atoms with Gasteiger partial charge in [-0.1, -0.05) is 6.92 Å². The fraction of sp³-hybridized carbons (Fsp3) is 0.545. The molecule has 1 N–H and O–H groups in total. The third-order valence-electron chi connectivity index (χ3n) is 2.61. The van der Waals surface area contributed by atoms with Crippen LogP contribution < -0.4 is 10.1 Å². The summed E-state index contributed by atoms with van der Waals surface area (Å²) < 4.78 is 5.85. The molecule has 0 bridgehead atoms. The first-order valence-electron chi connectivity index (χ1n) is 5.16. The summed E-state index contributed by atoms with van der Waals surface area (Å²) in [6, 6.07) is 4.20. The highest BCUT2D eigenvalue weighted by Gasteiger charge is 2.20. The maximum Gasteiger partial charge on any atom is 0.142 e. The molecule has 0 saturated carbocycles. The second kappa shape index (κ2) is 6.94. The van der Waals surface area contributed by atoms with E-state index in [1.54, 1.807) is 0 Å². The monoisotopic (exact) mass is 264 g/mol. The molecule has 16 heavy (non-hydrogen) atoms. The zero-order valence-corrected chi connectivity index (χ0v) is 11.1. The normalized spacial score (nSPS) is 22.9. The smallest absolute Gasteiger partial charge is 0.142 e. The Morgan fingerprint density at radius 2 is 2.25 bits per heavy atom. The van der Waals surface area contributed by atoms with Crippen molar-refractivity contribution >= 4 is 24.8 Å². The molecule has 0 fully saturated rings. The summed E-state index contributed by atoms with van der Waals surface area (Å²) in [5.74, 6) is 0.928. The summed E-state index contributed by atoms with van der Waals surface area (Å²) in [6.45, 7) is 5.15. The number of hydrogen-bond acceptors (Lipinski definition) is 3. The molecule has 0 aromatic carbocycles. The Morgan fingerprint density at radius 3 is 2.94 bits per heavy atom. The number of halogens is 2. The van der Waals surface area contributed by atoms with Crippen molar-refractivity contribution in [2.24, 2.45) is 0 Å². The van der Waals surface area contributed by atoms with Crippen LogP contribution in [0.1, 0.15) is 32.0 Å². The summed E-state index contributed by atoms with van der Waals surface area (Å²) >= 11 is 0. The average Bonchev–Trinajstić information content (AvgIpc) is 2.39. The highest BCUT2D eigenvalue weighted by Crippen LogP contribution is 2.26. The van der Waals surface area contributed by atoms with Crippen LogP contribution in [0.4, 0.5) is 0 Å². The zero-order chi connectivity index (χ0) is 9.97. The van der Waals surface area contributed by atoms with Gasteiger partial charge < -0.3 is 10.1 Å². The first kappa shape index (κ1) is 15.5. The van der Waals surface area contributed by atoms with Gasteiger partial charge in [-0.2, -0.15) is 0 Å². The fourth-order valence-corrected chi connectivity index (χ4v) is 1.68. The van der Waals surface area contributed by atoms with Gasteiger partial charge in [0.2, 0.25) is 0 Å². The molecule has 92 valence electrons. The third-order valence-corrected chi connectivity index (χ3v) is 2.61. The molecule has 1 aromatic rings. The Hall–Kier alpha value is -0.510. The lowest BCUT2D eigenvalue weighted by atomic mass is 10.2. The molecule has 5 heteroatoms. The summed E-state index contributed by atoms with van der Waals surface area (Å²) in [5, 5.41) is 3.41. The predicted octanol–water partition coefficient (Wildman–Crippen LogP) is 2.75. The standard InChI is InChI=1S/C11H16N2O.2ClH/c1-3-9-7-13-8(2)11-10(14-9)5-4-6-12-11;;/h4-6,8-9,13H,3,7H2,1-2H3;2*1H. The van der Waals surface area contributed by atoms with E-state index in [-0.39, 0.29) is 37.0 Å². The van der Waals surface area contributed by atoms with E-state index in [1.165, 1.54) is 0 Å². The molecule has 1 aliphatic rings. The fourth-order valence-electron chi connectivity index (χ4n) is 1.68. The molecule has 0 radical (unpaired) electrons. The number of hydrogen-bond donors (Lipinski definition) is 1. The number of fused-ring (bicyclic) bond motifs is 1. The molecular weight excluding hydrogens is 247 g/mol.